The van der Waals surface area contributed by atoms with Crippen LogP contribution in [0.4, 0.5) is 5.82 Å². The van der Waals surface area contributed by atoms with Crippen LogP contribution >= 0.6 is 11.3 Å². The smallest absolute Gasteiger partial charge is 0.238 e. The van der Waals surface area contributed by atoms with E-state index in [0.29, 0.717) is 25.7 Å². The van der Waals surface area contributed by atoms with E-state index in [1.807, 2.05) is 29.0 Å². The quantitative estimate of drug-likeness (QED) is 0.556. The van der Waals surface area contributed by atoms with E-state index in [-0.39, 0.29) is 0 Å². The predicted octanol–water partition coefficient (Wildman–Crippen LogP) is 3.82. The fraction of sp³-hybridized carbons (Fsp3) is 0.250. The van der Waals surface area contributed by atoms with Crippen LogP contribution in [0, 0.1) is 0 Å². The number of hydrogen-bond acceptors (Lipinski definition) is 7. The Morgan fingerprint density at radius 2 is 2.04 bits per heavy atom. The third-order valence-corrected chi connectivity index (χ3v) is 5.76. The summed E-state index contributed by atoms with van der Waals surface area (Å²) in [6, 6.07) is 8.18. The van der Waals surface area contributed by atoms with Crippen molar-refractivity contribution in [2.75, 3.05) is 18.5 Å². The SMILES string of the molecule is CCc1cc2c(NCc3ccc4c(c3)OCCO4)nc(-n3ccnc3)nc2s1. The molecular weight excluding hydrogens is 374 g/mol. The number of benzene rings is 1. The van der Waals surface area contributed by atoms with E-state index in [9.17, 15) is 0 Å². The van der Waals surface area contributed by atoms with Crippen LogP contribution in [-0.4, -0.2) is 32.7 Å². The van der Waals surface area contributed by atoms with Gasteiger partial charge >= 0.3 is 0 Å². The van der Waals surface area contributed by atoms with Crippen molar-refractivity contribution in [3.05, 3.63) is 53.4 Å². The maximum atomic E-state index is 5.69. The van der Waals surface area contributed by atoms with Crippen LogP contribution < -0.4 is 14.8 Å². The Balaban J connectivity index is 1.48. The summed E-state index contributed by atoms with van der Waals surface area (Å²) in [5, 5.41) is 4.52. The van der Waals surface area contributed by atoms with Crippen LogP contribution in [0.3, 0.4) is 0 Å². The van der Waals surface area contributed by atoms with Gasteiger partial charge in [-0.3, -0.25) is 4.57 Å². The number of nitrogens with zero attached hydrogens (tertiary/aromatic N) is 4. The molecule has 28 heavy (non-hydrogen) atoms. The number of aromatic nitrogens is 4. The molecule has 8 heteroatoms. The molecule has 0 amide bonds. The van der Waals surface area contributed by atoms with Gasteiger partial charge in [-0.15, -0.1) is 11.3 Å². The molecule has 0 radical (unpaired) electrons. The summed E-state index contributed by atoms with van der Waals surface area (Å²) in [7, 11) is 0. The van der Waals surface area contributed by atoms with E-state index in [2.05, 4.69) is 23.3 Å². The Labute approximate surface area is 166 Å². The maximum absolute atomic E-state index is 5.69. The number of anilines is 1. The van der Waals surface area contributed by atoms with Crippen LogP contribution in [0.5, 0.6) is 11.5 Å². The molecule has 4 heterocycles. The van der Waals surface area contributed by atoms with E-state index < -0.39 is 0 Å². The Morgan fingerprint density at radius 1 is 1.14 bits per heavy atom. The lowest BCUT2D eigenvalue weighted by Crippen LogP contribution is -2.15. The highest BCUT2D eigenvalue weighted by Crippen LogP contribution is 2.32. The number of ether oxygens (including phenoxy) is 2. The van der Waals surface area contributed by atoms with Gasteiger partial charge in [-0.1, -0.05) is 13.0 Å². The minimum Gasteiger partial charge on any atom is -0.486 e. The van der Waals surface area contributed by atoms with E-state index in [0.717, 1.165) is 39.5 Å². The second kappa shape index (κ2) is 7.12. The summed E-state index contributed by atoms with van der Waals surface area (Å²) in [6.07, 6.45) is 6.25. The summed E-state index contributed by atoms with van der Waals surface area (Å²) in [4.78, 5) is 15.8. The molecule has 0 fully saturated rings. The van der Waals surface area contributed by atoms with Crippen LogP contribution in [0.2, 0.25) is 0 Å². The molecule has 0 saturated heterocycles. The fourth-order valence-corrected chi connectivity index (χ4v) is 4.11. The molecule has 0 spiro atoms. The van der Waals surface area contributed by atoms with Crippen molar-refractivity contribution in [2.45, 2.75) is 19.9 Å². The molecule has 0 bridgehead atoms. The number of nitrogens with one attached hydrogen (secondary N) is 1. The highest BCUT2D eigenvalue weighted by molar-refractivity contribution is 7.18. The molecule has 0 atom stereocenters. The number of hydrogen-bond donors (Lipinski definition) is 1. The molecule has 0 saturated carbocycles. The monoisotopic (exact) mass is 393 g/mol. The van der Waals surface area contributed by atoms with E-state index in [4.69, 9.17) is 19.4 Å². The van der Waals surface area contributed by atoms with Crippen molar-refractivity contribution >= 4 is 27.4 Å². The zero-order valence-corrected chi connectivity index (χ0v) is 16.2. The van der Waals surface area contributed by atoms with E-state index >= 15 is 0 Å². The lowest BCUT2D eigenvalue weighted by molar-refractivity contribution is 0.171. The molecule has 7 nitrogen and oxygen atoms in total. The van der Waals surface area contributed by atoms with Crippen molar-refractivity contribution in [3.63, 3.8) is 0 Å². The highest BCUT2D eigenvalue weighted by Gasteiger charge is 2.14. The average Bonchev–Trinajstić information content (AvgIpc) is 3.41. The Kier molecular flexibility index (Phi) is 4.32. The topological polar surface area (TPSA) is 74.1 Å². The molecule has 142 valence electrons. The van der Waals surface area contributed by atoms with Crippen LogP contribution in [0.25, 0.3) is 16.2 Å². The number of imidazole rings is 1. The third kappa shape index (κ3) is 3.16. The van der Waals surface area contributed by atoms with Crippen molar-refractivity contribution in [1.29, 1.82) is 0 Å². The highest BCUT2D eigenvalue weighted by atomic mass is 32.1. The minimum absolute atomic E-state index is 0.583. The van der Waals surface area contributed by atoms with Gasteiger partial charge in [0.2, 0.25) is 5.95 Å². The van der Waals surface area contributed by atoms with Crippen molar-refractivity contribution < 1.29 is 9.47 Å². The summed E-state index contributed by atoms with van der Waals surface area (Å²) >= 11 is 1.70. The van der Waals surface area contributed by atoms with Crippen molar-refractivity contribution in [1.82, 2.24) is 19.5 Å². The second-order valence-corrected chi connectivity index (χ2v) is 7.57. The van der Waals surface area contributed by atoms with Gasteiger partial charge in [-0.25, -0.2) is 9.97 Å². The molecule has 1 aromatic carbocycles. The second-order valence-electron chi connectivity index (χ2n) is 6.46. The van der Waals surface area contributed by atoms with Gasteiger partial charge in [0.25, 0.3) is 0 Å². The van der Waals surface area contributed by atoms with Crippen molar-refractivity contribution in [3.8, 4) is 17.4 Å². The third-order valence-electron chi connectivity index (χ3n) is 4.58. The van der Waals surface area contributed by atoms with Gasteiger partial charge in [-0.2, -0.15) is 4.98 Å². The zero-order valence-electron chi connectivity index (χ0n) is 15.4. The molecule has 1 aliphatic heterocycles. The summed E-state index contributed by atoms with van der Waals surface area (Å²) in [6.45, 7) is 3.96. The van der Waals surface area contributed by atoms with Crippen molar-refractivity contribution in [2.24, 2.45) is 0 Å². The first-order valence-electron chi connectivity index (χ1n) is 9.21. The standard InChI is InChI=1S/C20H19N5O2S/c1-2-14-10-15-18(23-20(24-19(15)28-14)25-6-5-21-12-25)22-11-13-3-4-16-17(9-13)27-8-7-26-16/h3-6,9-10,12H,2,7-8,11H2,1H3,(H,22,23,24). The van der Waals surface area contributed by atoms with E-state index in [1.54, 1.807) is 23.9 Å². The fourth-order valence-electron chi connectivity index (χ4n) is 3.15. The first kappa shape index (κ1) is 17.0. The Bertz CT molecular complexity index is 1120. The van der Waals surface area contributed by atoms with Gasteiger partial charge in [-0.05, 0) is 30.2 Å². The molecule has 0 aliphatic carbocycles. The van der Waals surface area contributed by atoms with Gasteiger partial charge in [0, 0.05) is 23.8 Å². The normalized spacial score (nSPS) is 13.0. The van der Waals surface area contributed by atoms with Gasteiger partial charge in [0.1, 0.15) is 30.2 Å². The first-order chi connectivity index (χ1) is 13.8. The minimum atomic E-state index is 0.583. The van der Waals surface area contributed by atoms with Crippen LogP contribution in [-0.2, 0) is 13.0 Å². The van der Waals surface area contributed by atoms with Gasteiger partial charge in [0.15, 0.2) is 11.5 Å². The van der Waals surface area contributed by atoms with Crippen LogP contribution in [0.1, 0.15) is 17.4 Å². The van der Waals surface area contributed by atoms with Gasteiger partial charge < -0.3 is 14.8 Å². The number of fused-ring (bicyclic) bond motifs is 2. The molecular formula is C20H19N5O2S. The number of thiophene rings is 1. The molecule has 0 unspecified atom stereocenters. The maximum Gasteiger partial charge on any atom is 0.238 e. The van der Waals surface area contributed by atoms with E-state index in [1.165, 1.54) is 4.88 Å². The lowest BCUT2D eigenvalue weighted by atomic mass is 10.2. The number of rotatable bonds is 5. The molecule has 3 aromatic heterocycles. The molecule has 5 rings (SSSR count). The average molecular weight is 393 g/mol. The molecule has 1 N–H and O–H groups in total. The van der Waals surface area contributed by atoms with Gasteiger partial charge in [0.05, 0.1) is 5.39 Å². The summed E-state index contributed by atoms with van der Waals surface area (Å²) in [5.41, 5.74) is 1.10. The largest absolute Gasteiger partial charge is 0.486 e. The molecule has 1 aliphatic rings. The molecule has 4 aromatic rings. The lowest BCUT2D eigenvalue weighted by Gasteiger charge is -2.19. The summed E-state index contributed by atoms with van der Waals surface area (Å²) in [5.74, 6) is 3.02. The Morgan fingerprint density at radius 3 is 2.86 bits per heavy atom. The number of aryl methyl sites for hydroxylation is 1. The summed E-state index contributed by atoms with van der Waals surface area (Å²) < 4.78 is 13.1. The zero-order chi connectivity index (χ0) is 18.9. The first-order valence-corrected chi connectivity index (χ1v) is 10.0. The van der Waals surface area contributed by atoms with Crippen LogP contribution in [0.15, 0.2) is 43.0 Å². The Hall–Kier alpha value is -3.13. The predicted molar refractivity (Wildman–Crippen MR) is 109 cm³/mol.